The summed E-state index contributed by atoms with van der Waals surface area (Å²) >= 11 is 2.52. The van der Waals surface area contributed by atoms with E-state index in [1.165, 1.54) is 41.3 Å². The van der Waals surface area contributed by atoms with E-state index in [0.717, 1.165) is 0 Å². The molecular weight excluding hydrogens is 418 g/mol. The molecule has 10 heteroatoms. The number of benzene rings is 2. The minimum atomic E-state index is -0.827. The van der Waals surface area contributed by atoms with Gasteiger partial charge in [-0.05, 0) is 23.8 Å². The third-order valence-corrected chi connectivity index (χ3v) is 6.09. The first-order valence-electron chi connectivity index (χ1n) is 8.57. The highest BCUT2D eigenvalue weighted by Crippen LogP contribution is 2.29. The number of amides is 1. The number of carbonyl (C=O) groups excluding carboxylic acids is 1. The molecule has 2 heterocycles. The van der Waals surface area contributed by atoms with Gasteiger partial charge in [-0.1, -0.05) is 58.6 Å². The number of rotatable bonds is 6. The zero-order valence-corrected chi connectivity index (χ0v) is 16.5. The molecule has 1 unspecified atom stereocenters. The third-order valence-electron chi connectivity index (χ3n) is 4.06. The molecule has 0 aliphatic carbocycles. The summed E-state index contributed by atoms with van der Waals surface area (Å²) in [5.41, 5.74) is 1.64. The molecule has 6 nitrogen and oxygen atoms in total. The van der Waals surface area contributed by atoms with Crippen molar-refractivity contribution in [2.75, 3.05) is 5.32 Å². The lowest BCUT2D eigenvalue weighted by Crippen LogP contribution is -2.28. The van der Waals surface area contributed by atoms with Crippen LogP contribution in [0.4, 0.5) is 13.9 Å². The van der Waals surface area contributed by atoms with Crippen molar-refractivity contribution in [3.8, 4) is 0 Å². The van der Waals surface area contributed by atoms with E-state index >= 15 is 0 Å². The molecular formula is C19H14F2N4O2S2. The zero-order chi connectivity index (χ0) is 20.2. The lowest BCUT2D eigenvalue weighted by molar-refractivity contribution is -0.125. The Kier molecular flexibility index (Phi) is 5.81. The maximum Gasteiger partial charge on any atom is 0.270 e. The van der Waals surface area contributed by atoms with Crippen molar-refractivity contribution in [1.29, 1.82) is 0 Å². The van der Waals surface area contributed by atoms with Crippen molar-refractivity contribution in [2.24, 2.45) is 5.16 Å². The predicted octanol–water partition coefficient (Wildman–Crippen LogP) is 4.24. The summed E-state index contributed by atoms with van der Waals surface area (Å²) in [6.45, 7) is 0. The van der Waals surface area contributed by atoms with Crippen LogP contribution in [0.25, 0.3) is 0 Å². The molecule has 148 valence electrons. The number of nitrogens with one attached hydrogen (secondary N) is 1. The first-order chi connectivity index (χ1) is 14.1. The fraction of sp³-hybridized carbons (Fsp3) is 0.158. The highest BCUT2D eigenvalue weighted by atomic mass is 32.2. The Hall–Kier alpha value is -2.85. The molecule has 1 aliphatic heterocycles. The van der Waals surface area contributed by atoms with Gasteiger partial charge < -0.3 is 4.84 Å². The molecule has 2 aromatic carbocycles. The molecule has 1 aliphatic rings. The van der Waals surface area contributed by atoms with Crippen LogP contribution in [0.15, 0.2) is 58.0 Å². The monoisotopic (exact) mass is 432 g/mol. The van der Waals surface area contributed by atoms with Crippen LogP contribution in [0.2, 0.25) is 0 Å². The molecule has 3 aromatic rings. The van der Waals surface area contributed by atoms with E-state index in [1.807, 2.05) is 0 Å². The Bertz CT molecular complexity index is 1070. The van der Waals surface area contributed by atoms with Gasteiger partial charge in [0.05, 0.1) is 5.71 Å². The Balaban J connectivity index is 1.31. The van der Waals surface area contributed by atoms with Crippen LogP contribution in [-0.2, 0) is 15.4 Å². The number of oxime groups is 1. The predicted molar refractivity (Wildman–Crippen MR) is 107 cm³/mol. The van der Waals surface area contributed by atoms with Gasteiger partial charge in [0.25, 0.3) is 5.91 Å². The third kappa shape index (κ3) is 4.77. The summed E-state index contributed by atoms with van der Waals surface area (Å²) < 4.78 is 27.6. The number of hydrogen-bond donors (Lipinski definition) is 1. The highest BCUT2D eigenvalue weighted by Gasteiger charge is 2.29. The number of carbonyl (C=O) groups is 1. The molecule has 0 bridgehead atoms. The van der Waals surface area contributed by atoms with Crippen LogP contribution in [0, 0.1) is 11.6 Å². The molecule has 0 saturated heterocycles. The molecule has 1 atom stereocenters. The smallest absolute Gasteiger partial charge is 0.270 e. The van der Waals surface area contributed by atoms with E-state index in [4.69, 9.17) is 4.84 Å². The second kappa shape index (κ2) is 8.66. The molecule has 29 heavy (non-hydrogen) atoms. The number of hydrogen-bond acceptors (Lipinski definition) is 7. The van der Waals surface area contributed by atoms with Crippen LogP contribution in [0.1, 0.15) is 17.5 Å². The maximum atomic E-state index is 13.7. The van der Waals surface area contributed by atoms with E-state index < -0.39 is 12.0 Å². The SMILES string of the molecule is O=C(Nc1nnc(SCc2ccccc2F)s1)C1CC(c2cccc(F)c2)=NO1. The molecule has 1 amide bonds. The van der Waals surface area contributed by atoms with Crippen LogP contribution in [0.3, 0.4) is 0 Å². The number of anilines is 1. The van der Waals surface area contributed by atoms with Gasteiger partial charge in [-0.25, -0.2) is 8.78 Å². The topological polar surface area (TPSA) is 76.5 Å². The van der Waals surface area contributed by atoms with Gasteiger partial charge in [0.15, 0.2) is 4.34 Å². The Morgan fingerprint density at radius 2 is 2.07 bits per heavy atom. The zero-order valence-electron chi connectivity index (χ0n) is 14.8. The van der Waals surface area contributed by atoms with E-state index in [1.54, 1.807) is 30.3 Å². The fourth-order valence-electron chi connectivity index (χ4n) is 2.62. The Morgan fingerprint density at radius 1 is 1.21 bits per heavy atom. The first kappa shape index (κ1) is 19.5. The maximum absolute atomic E-state index is 13.7. The van der Waals surface area contributed by atoms with E-state index in [9.17, 15) is 13.6 Å². The van der Waals surface area contributed by atoms with Crippen molar-refractivity contribution < 1.29 is 18.4 Å². The van der Waals surface area contributed by atoms with Crippen LogP contribution in [0.5, 0.6) is 0 Å². The first-order valence-corrected chi connectivity index (χ1v) is 10.4. The quantitative estimate of drug-likeness (QED) is 0.466. The summed E-state index contributed by atoms with van der Waals surface area (Å²) in [5, 5.41) is 14.8. The van der Waals surface area contributed by atoms with Gasteiger partial charge in [-0.3, -0.25) is 10.1 Å². The lowest BCUT2D eigenvalue weighted by atomic mass is 10.0. The molecule has 4 rings (SSSR count). The van der Waals surface area contributed by atoms with Crippen LogP contribution >= 0.6 is 23.1 Å². The summed E-state index contributed by atoms with van der Waals surface area (Å²) in [5.74, 6) is -0.661. The highest BCUT2D eigenvalue weighted by molar-refractivity contribution is 8.00. The van der Waals surface area contributed by atoms with Crippen molar-refractivity contribution in [2.45, 2.75) is 22.6 Å². The summed E-state index contributed by atoms with van der Waals surface area (Å²) in [7, 11) is 0. The summed E-state index contributed by atoms with van der Waals surface area (Å²) in [6.07, 6.45) is -0.602. The fourth-order valence-corrected chi connectivity index (χ4v) is 4.36. The molecule has 0 spiro atoms. The second-order valence-electron chi connectivity index (χ2n) is 6.09. The lowest BCUT2D eigenvalue weighted by Gasteiger charge is -2.06. The number of halogens is 2. The molecule has 0 radical (unpaired) electrons. The van der Waals surface area contributed by atoms with Crippen molar-refractivity contribution in [1.82, 2.24) is 10.2 Å². The molecule has 0 fully saturated rings. The number of nitrogens with zero attached hydrogens (tertiary/aromatic N) is 3. The van der Waals surface area contributed by atoms with Gasteiger partial charge in [0.2, 0.25) is 11.2 Å². The van der Waals surface area contributed by atoms with E-state index in [0.29, 0.717) is 32.1 Å². The summed E-state index contributed by atoms with van der Waals surface area (Å²) in [4.78, 5) is 17.6. The number of aromatic nitrogens is 2. The Labute approximate surface area is 173 Å². The van der Waals surface area contributed by atoms with Crippen LogP contribution < -0.4 is 5.32 Å². The molecule has 0 saturated carbocycles. The van der Waals surface area contributed by atoms with Crippen molar-refractivity contribution in [3.63, 3.8) is 0 Å². The van der Waals surface area contributed by atoms with Crippen molar-refractivity contribution >= 4 is 39.8 Å². The van der Waals surface area contributed by atoms with Crippen molar-refractivity contribution in [3.05, 3.63) is 71.3 Å². The minimum Gasteiger partial charge on any atom is -0.382 e. The molecule has 1 N–H and O–H groups in total. The normalized spacial score (nSPS) is 15.7. The Morgan fingerprint density at radius 3 is 2.90 bits per heavy atom. The minimum absolute atomic E-state index is 0.225. The van der Waals surface area contributed by atoms with E-state index in [-0.39, 0.29) is 18.1 Å². The van der Waals surface area contributed by atoms with Gasteiger partial charge in [-0.15, -0.1) is 10.2 Å². The average molecular weight is 432 g/mol. The molecule has 1 aromatic heterocycles. The van der Waals surface area contributed by atoms with E-state index in [2.05, 4.69) is 20.7 Å². The van der Waals surface area contributed by atoms with Gasteiger partial charge >= 0.3 is 0 Å². The van der Waals surface area contributed by atoms with Gasteiger partial charge in [0, 0.05) is 17.7 Å². The second-order valence-corrected chi connectivity index (χ2v) is 8.29. The summed E-state index contributed by atoms with van der Waals surface area (Å²) in [6, 6.07) is 12.5. The number of thioether (sulfide) groups is 1. The van der Waals surface area contributed by atoms with Gasteiger partial charge in [-0.2, -0.15) is 0 Å². The standard InChI is InChI=1S/C19H14F2N4O2S2/c20-13-6-3-5-11(8-13)15-9-16(27-25-15)17(26)22-18-23-24-19(29-18)28-10-12-4-1-2-7-14(12)21/h1-8,16H,9-10H2,(H,22,23,26). The van der Waals surface area contributed by atoms with Gasteiger partial charge in [0.1, 0.15) is 11.6 Å². The van der Waals surface area contributed by atoms with Crippen LogP contribution in [-0.4, -0.2) is 27.9 Å². The average Bonchev–Trinajstić information content (AvgIpc) is 3.37. The largest absolute Gasteiger partial charge is 0.382 e.